The number of amides is 1. The topological polar surface area (TPSA) is 93.3 Å². The summed E-state index contributed by atoms with van der Waals surface area (Å²) in [7, 11) is 3.20. The third kappa shape index (κ3) is 5.10. The van der Waals surface area contributed by atoms with Crippen molar-refractivity contribution in [3.63, 3.8) is 0 Å². The number of benzene rings is 1. The first kappa shape index (κ1) is 22.7. The van der Waals surface area contributed by atoms with E-state index in [9.17, 15) is 9.59 Å². The van der Waals surface area contributed by atoms with Crippen LogP contribution in [-0.2, 0) is 29.9 Å². The number of fused-ring (bicyclic) bond motifs is 3. The average molecular weight is 474 g/mol. The molecular weight excluding hydrogens is 446 g/mol. The van der Waals surface area contributed by atoms with Gasteiger partial charge in [0.2, 0.25) is 5.91 Å². The second kappa shape index (κ2) is 10.4. The van der Waals surface area contributed by atoms with Gasteiger partial charge in [0, 0.05) is 35.2 Å². The largest absolute Gasteiger partial charge is 0.497 e. The lowest BCUT2D eigenvalue weighted by atomic mass is 9.97. The fraction of sp³-hybridized carbons (Fsp3) is 0.435. The second-order valence-electron chi connectivity index (χ2n) is 7.66. The SMILES string of the molecule is COc1ccc(CNC(=O)CCSCc2nc3sc4c(c3c(=O)[nH]2)CCCC4)c(OC)c1. The zero-order valence-corrected chi connectivity index (χ0v) is 19.9. The molecule has 1 aromatic carbocycles. The zero-order valence-electron chi connectivity index (χ0n) is 18.3. The van der Waals surface area contributed by atoms with Gasteiger partial charge in [-0.05, 0) is 43.4 Å². The van der Waals surface area contributed by atoms with Gasteiger partial charge in [-0.2, -0.15) is 11.8 Å². The normalized spacial score (nSPS) is 13.1. The highest BCUT2D eigenvalue weighted by molar-refractivity contribution is 7.98. The Bertz CT molecular complexity index is 1170. The molecule has 0 spiro atoms. The molecule has 1 aliphatic rings. The smallest absolute Gasteiger partial charge is 0.259 e. The molecule has 0 bridgehead atoms. The minimum atomic E-state index is -0.0313. The predicted molar refractivity (Wildman–Crippen MR) is 129 cm³/mol. The molecule has 2 aromatic heterocycles. The van der Waals surface area contributed by atoms with Gasteiger partial charge in [0.05, 0.1) is 25.4 Å². The Morgan fingerprint density at radius 1 is 1.25 bits per heavy atom. The third-order valence-electron chi connectivity index (χ3n) is 5.56. The Hall–Kier alpha value is -2.52. The molecule has 32 heavy (non-hydrogen) atoms. The molecule has 0 saturated carbocycles. The molecule has 2 N–H and O–H groups in total. The van der Waals surface area contributed by atoms with Crippen LogP contribution in [0.2, 0.25) is 0 Å². The number of carbonyl (C=O) groups excluding carboxylic acids is 1. The molecule has 4 rings (SSSR count). The van der Waals surface area contributed by atoms with Crippen molar-refractivity contribution in [2.75, 3.05) is 20.0 Å². The number of hydrogen-bond donors (Lipinski definition) is 2. The van der Waals surface area contributed by atoms with Crippen LogP contribution >= 0.6 is 23.1 Å². The number of hydrogen-bond acceptors (Lipinski definition) is 7. The van der Waals surface area contributed by atoms with Gasteiger partial charge in [0.25, 0.3) is 5.56 Å². The number of rotatable bonds is 9. The van der Waals surface area contributed by atoms with Crippen molar-refractivity contribution in [2.24, 2.45) is 0 Å². The highest BCUT2D eigenvalue weighted by Crippen LogP contribution is 2.33. The van der Waals surface area contributed by atoms with Gasteiger partial charge in [0.1, 0.15) is 22.2 Å². The molecule has 1 aliphatic carbocycles. The third-order valence-corrected chi connectivity index (χ3v) is 7.71. The predicted octanol–water partition coefficient (Wildman–Crippen LogP) is 3.82. The van der Waals surface area contributed by atoms with Crippen LogP contribution in [0.15, 0.2) is 23.0 Å². The molecule has 170 valence electrons. The Morgan fingerprint density at radius 3 is 2.91 bits per heavy atom. The van der Waals surface area contributed by atoms with Crippen LogP contribution in [-0.4, -0.2) is 35.8 Å². The zero-order chi connectivity index (χ0) is 22.5. The molecule has 0 fully saturated rings. The van der Waals surface area contributed by atoms with E-state index in [2.05, 4.69) is 15.3 Å². The minimum absolute atomic E-state index is 0.0294. The summed E-state index contributed by atoms with van der Waals surface area (Å²) in [5.74, 6) is 3.26. The van der Waals surface area contributed by atoms with Gasteiger partial charge < -0.3 is 19.8 Å². The number of nitrogens with zero attached hydrogens (tertiary/aromatic N) is 1. The van der Waals surface area contributed by atoms with Crippen LogP contribution in [0.3, 0.4) is 0 Å². The van der Waals surface area contributed by atoms with Crippen LogP contribution in [0.4, 0.5) is 0 Å². The van der Waals surface area contributed by atoms with Crippen LogP contribution in [0.25, 0.3) is 10.2 Å². The summed E-state index contributed by atoms with van der Waals surface area (Å²) >= 11 is 3.25. The lowest BCUT2D eigenvalue weighted by Gasteiger charge is -2.11. The fourth-order valence-corrected chi connectivity index (χ4v) is 5.98. The van der Waals surface area contributed by atoms with Crippen LogP contribution in [0, 0.1) is 0 Å². The monoisotopic (exact) mass is 473 g/mol. The first-order valence-electron chi connectivity index (χ1n) is 10.7. The summed E-state index contributed by atoms with van der Waals surface area (Å²) in [6, 6.07) is 5.52. The summed E-state index contributed by atoms with van der Waals surface area (Å²) in [6.45, 7) is 0.394. The molecule has 2 heterocycles. The van der Waals surface area contributed by atoms with E-state index in [1.807, 2.05) is 12.1 Å². The first-order chi connectivity index (χ1) is 15.6. The van der Waals surface area contributed by atoms with Crippen LogP contribution in [0.1, 0.15) is 41.1 Å². The van der Waals surface area contributed by atoms with Gasteiger partial charge in [0.15, 0.2) is 0 Å². The van der Waals surface area contributed by atoms with Gasteiger partial charge in [-0.1, -0.05) is 0 Å². The maximum absolute atomic E-state index is 12.6. The molecule has 0 saturated heterocycles. The lowest BCUT2D eigenvalue weighted by molar-refractivity contribution is -0.120. The molecule has 3 aromatic rings. The van der Waals surface area contributed by atoms with Crippen molar-refractivity contribution < 1.29 is 14.3 Å². The quantitative estimate of drug-likeness (QED) is 0.459. The van der Waals surface area contributed by atoms with Crippen molar-refractivity contribution in [1.82, 2.24) is 15.3 Å². The first-order valence-corrected chi connectivity index (χ1v) is 12.6. The minimum Gasteiger partial charge on any atom is -0.497 e. The highest BCUT2D eigenvalue weighted by Gasteiger charge is 2.19. The molecule has 0 unspecified atom stereocenters. The van der Waals surface area contributed by atoms with Crippen molar-refractivity contribution in [3.05, 3.63) is 50.4 Å². The maximum Gasteiger partial charge on any atom is 0.259 e. The van der Waals surface area contributed by atoms with Crippen LogP contribution in [0.5, 0.6) is 11.5 Å². The number of carbonyl (C=O) groups is 1. The molecule has 1 amide bonds. The Morgan fingerprint density at radius 2 is 2.09 bits per heavy atom. The van der Waals surface area contributed by atoms with Crippen LogP contribution < -0.4 is 20.3 Å². The maximum atomic E-state index is 12.6. The summed E-state index contributed by atoms with van der Waals surface area (Å²) in [6.07, 6.45) is 4.75. The molecule has 0 radical (unpaired) electrons. The second-order valence-corrected chi connectivity index (χ2v) is 9.85. The van der Waals surface area contributed by atoms with E-state index in [0.717, 1.165) is 35.0 Å². The molecule has 0 aliphatic heterocycles. The van der Waals surface area contributed by atoms with E-state index >= 15 is 0 Å². The van der Waals surface area contributed by atoms with E-state index in [-0.39, 0.29) is 11.5 Å². The van der Waals surface area contributed by atoms with Gasteiger partial charge in [-0.25, -0.2) is 4.98 Å². The van der Waals surface area contributed by atoms with Gasteiger partial charge in [-0.3, -0.25) is 9.59 Å². The number of aromatic amines is 1. The Kier molecular flexibility index (Phi) is 7.36. The molecule has 9 heteroatoms. The number of nitrogens with one attached hydrogen (secondary N) is 2. The number of aromatic nitrogens is 2. The number of methoxy groups -OCH3 is 2. The number of ether oxygens (including phenoxy) is 2. The number of thioether (sulfide) groups is 1. The van der Waals surface area contributed by atoms with E-state index in [4.69, 9.17) is 9.47 Å². The van der Waals surface area contributed by atoms with Gasteiger partial charge in [-0.15, -0.1) is 11.3 Å². The van der Waals surface area contributed by atoms with Crippen molar-refractivity contribution in [1.29, 1.82) is 0 Å². The highest BCUT2D eigenvalue weighted by atomic mass is 32.2. The number of thiophene rings is 1. The lowest BCUT2D eigenvalue weighted by Crippen LogP contribution is -2.23. The standard InChI is InChI=1S/C23H27N3O4S2/c1-29-15-8-7-14(17(11-15)30-2)12-24-20(27)9-10-31-13-19-25-22(28)21-16-5-3-4-6-18(16)32-23(21)26-19/h7-8,11H,3-6,9-10,12-13H2,1-2H3,(H,24,27)(H,25,26,28). The number of H-pyrrole nitrogens is 1. The average Bonchev–Trinajstić information content (AvgIpc) is 3.19. The summed E-state index contributed by atoms with van der Waals surface area (Å²) in [5, 5.41) is 3.71. The van der Waals surface area contributed by atoms with Gasteiger partial charge >= 0.3 is 0 Å². The van der Waals surface area contributed by atoms with Crippen molar-refractivity contribution in [3.8, 4) is 11.5 Å². The summed E-state index contributed by atoms with van der Waals surface area (Å²) in [4.78, 5) is 34.6. The molecule has 7 nitrogen and oxygen atoms in total. The van der Waals surface area contributed by atoms with E-state index < -0.39 is 0 Å². The van der Waals surface area contributed by atoms with Crippen molar-refractivity contribution >= 4 is 39.2 Å². The van der Waals surface area contributed by atoms with Crippen molar-refractivity contribution in [2.45, 2.75) is 44.4 Å². The Labute approximate surface area is 194 Å². The Balaban J connectivity index is 1.27. The summed E-state index contributed by atoms with van der Waals surface area (Å²) in [5.41, 5.74) is 2.06. The molecule has 0 atom stereocenters. The van der Waals surface area contributed by atoms with E-state index in [1.165, 1.54) is 16.9 Å². The number of aryl methyl sites for hydroxylation is 2. The van der Waals surface area contributed by atoms with E-state index in [1.54, 1.807) is 43.4 Å². The molecular formula is C23H27N3O4S2. The summed E-state index contributed by atoms with van der Waals surface area (Å²) < 4.78 is 10.6. The fourth-order valence-electron chi connectivity index (χ4n) is 3.89. The van der Waals surface area contributed by atoms with E-state index in [0.29, 0.717) is 41.8 Å².